The van der Waals surface area contributed by atoms with Crippen LogP contribution in [0.5, 0.6) is 11.5 Å². The Morgan fingerprint density at radius 2 is 1.67 bits per heavy atom. The molecule has 0 amide bonds. The van der Waals surface area contributed by atoms with Crippen LogP contribution < -0.4 is 15.2 Å². The molecule has 0 fully saturated rings. The number of fused-ring (bicyclic) bond motifs is 3. The molecule has 0 aromatic heterocycles. The Labute approximate surface area is 155 Å². The van der Waals surface area contributed by atoms with Crippen molar-refractivity contribution in [2.24, 2.45) is 5.73 Å². The number of methoxy groups -OCH3 is 1. The Bertz CT molecular complexity index is 975. The van der Waals surface area contributed by atoms with Crippen molar-refractivity contribution >= 4 is 10.8 Å². The van der Waals surface area contributed by atoms with Gasteiger partial charge in [-0.3, -0.25) is 0 Å². The number of halogens is 3. The van der Waals surface area contributed by atoms with E-state index in [9.17, 15) is 13.2 Å². The van der Waals surface area contributed by atoms with Gasteiger partial charge in [-0.2, -0.15) is 0 Å². The lowest BCUT2D eigenvalue weighted by Gasteiger charge is -2.28. The summed E-state index contributed by atoms with van der Waals surface area (Å²) in [5.74, 6) is -1.70. The van der Waals surface area contributed by atoms with Crippen LogP contribution in [0.4, 0.5) is 13.2 Å². The van der Waals surface area contributed by atoms with Gasteiger partial charge in [0.25, 0.3) is 0 Å². The van der Waals surface area contributed by atoms with Gasteiger partial charge < -0.3 is 15.2 Å². The van der Waals surface area contributed by atoms with Gasteiger partial charge in [0, 0.05) is 17.2 Å². The molecule has 1 unspecified atom stereocenters. The zero-order chi connectivity index (χ0) is 19.6. The molecular formula is C21H20F3NO2. The minimum absolute atomic E-state index is 0.0373. The van der Waals surface area contributed by atoms with Crippen LogP contribution in [0.15, 0.2) is 42.5 Å². The van der Waals surface area contributed by atoms with E-state index in [0.717, 1.165) is 28.2 Å². The zero-order valence-electron chi connectivity index (χ0n) is 15.1. The summed E-state index contributed by atoms with van der Waals surface area (Å²) in [5, 5.41) is 2.07. The lowest BCUT2D eigenvalue weighted by molar-refractivity contribution is 0.172. The average Bonchev–Trinajstić information content (AvgIpc) is 2.71. The summed E-state index contributed by atoms with van der Waals surface area (Å²) < 4.78 is 51.9. The van der Waals surface area contributed by atoms with Gasteiger partial charge in [0.1, 0.15) is 23.4 Å². The second kappa shape index (κ2) is 7.88. The Balaban J connectivity index is 0.00000102. The van der Waals surface area contributed by atoms with Gasteiger partial charge in [-0.25, -0.2) is 13.2 Å². The maximum atomic E-state index is 14.0. The van der Waals surface area contributed by atoms with E-state index in [4.69, 9.17) is 9.47 Å². The van der Waals surface area contributed by atoms with E-state index in [2.05, 4.69) is 5.73 Å². The second-order valence-corrected chi connectivity index (χ2v) is 6.06. The minimum atomic E-state index is -1.20. The van der Waals surface area contributed by atoms with Gasteiger partial charge >= 0.3 is 0 Å². The number of hydrogen-bond acceptors (Lipinski definition) is 3. The van der Waals surface area contributed by atoms with Gasteiger partial charge in [-0.15, -0.1) is 0 Å². The third-order valence-corrected chi connectivity index (χ3v) is 4.61. The molecule has 4 rings (SSSR count). The molecule has 3 aromatic rings. The molecule has 1 aliphatic heterocycles. The largest absolute Gasteiger partial charge is 0.497 e. The van der Waals surface area contributed by atoms with Crippen molar-refractivity contribution in [3.05, 3.63) is 71.0 Å². The molecule has 0 saturated heterocycles. The molecule has 0 aliphatic carbocycles. The van der Waals surface area contributed by atoms with Crippen LogP contribution in [0.2, 0.25) is 0 Å². The summed E-state index contributed by atoms with van der Waals surface area (Å²) in [6, 6.07) is 11.0. The van der Waals surface area contributed by atoms with Crippen LogP contribution in [0.3, 0.4) is 0 Å². The first-order valence-electron chi connectivity index (χ1n) is 8.55. The molecule has 142 valence electrons. The number of nitrogens with two attached hydrogens (primary N) is 1. The van der Waals surface area contributed by atoms with Gasteiger partial charge in [-0.1, -0.05) is 12.1 Å². The Hall–Kier alpha value is -2.73. The minimum Gasteiger partial charge on any atom is -0.497 e. The molecule has 1 heterocycles. The number of aryl methyl sites for hydroxylation is 1. The monoisotopic (exact) mass is 375 g/mol. The molecule has 0 saturated carbocycles. The van der Waals surface area contributed by atoms with Crippen LogP contribution >= 0.6 is 0 Å². The van der Waals surface area contributed by atoms with Crippen LogP contribution in [-0.2, 0) is 6.42 Å². The quantitative estimate of drug-likeness (QED) is 0.648. The fourth-order valence-electron chi connectivity index (χ4n) is 3.33. The fourth-order valence-corrected chi connectivity index (χ4v) is 3.33. The number of hydrogen-bond donors (Lipinski definition) is 1. The molecule has 1 atom stereocenters. The molecule has 0 radical (unpaired) electrons. The number of ether oxygens (including phenoxy) is 2. The van der Waals surface area contributed by atoms with Crippen molar-refractivity contribution in [3.63, 3.8) is 0 Å². The first-order valence-corrected chi connectivity index (χ1v) is 8.55. The molecule has 2 N–H and O–H groups in total. The second-order valence-electron chi connectivity index (χ2n) is 6.06. The highest BCUT2D eigenvalue weighted by atomic mass is 19.2. The van der Waals surface area contributed by atoms with E-state index in [1.165, 1.54) is 7.05 Å². The molecule has 3 nitrogen and oxygen atoms in total. The van der Waals surface area contributed by atoms with Gasteiger partial charge in [0.15, 0.2) is 11.6 Å². The topological polar surface area (TPSA) is 44.5 Å². The molecule has 1 aliphatic rings. The van der Waals surface area contributed by atoms with E-state index in [0.29, 0.717) is 24.7 Å². The summed E-state index contributed by atoms with van der Waals surface area (Å²) >= 11 is 0. The summed E-state index contributed by atoms with van der Waals surface area (Å²) in [6.45, 7) is 0. The average molecular weight is 375 g/mol. The van der Waals surface area contributed by atoms with E-state index in [-0.39, 0.29) is 5.56 Å². The van der Waals surface area contributed by atoms with Crippen molar-refractivity contribution in [2.75, 3.05) is 14.2 Å². The first-order chi connectivity index (χ1) is 13.1. The lowest BCUT2D eigenvalue weighted by Crippen LogP contribution is -2.17. The zero-order valence-corrected chi connectivity index (χ0v) is 15.1. The van der Waals surface area contributed by atoms with Gasteiger partial charge in [0.05, 0.1) is 7.11 Å². The summed E-state index contributed by atoms with van der Waals surface area (Å²) in [7, 11) is 3.11. The maximum Gasteiger partial charge on any atom is 0.161 e. The Kier molecular flexibility index (Phi) is 5.56. The normalized spacial score (nSPS) is 15.4. The van der Waals surface area contributed by atoms with Gasteiger partial charge in [0.2, 0.25) is 0 Å². The highest BCUT2D eigenvalue weighted by molar-refractivity contribution is 5.89. The summed E-state index contributed by atoms with van der Waals surface area (Å²) in [6.07, 6.45) is 0.472. The van der Waals surface area contributed by atoms with Crippen molar-refractivity contribution in [1.82, 2.24) is 0 Å². The lowest BCUT2D eigenvalue weighted by atomic mass is 9.93. The number of benzene rings is 3. The van der Waals surface area contributed by atoms with Crippen molar-refractivity contribution in [2.45, 2.75) is 18.9 Å². The van der Waals surface area contributed by atoms with Gasteiger partial charge in [-0.05, 0) is 54.9 Å². The maximum absolute atomic E-state index is 14.0. The predicted octanol–water partition coefficient (Wildman–Crippen LogP) is 4.91. The summed E-state index contributed by atoms with van der Waals surface area (Å²) in [5.41, 5.74) is 5.55. The highest BCUT2D eigenvalue weighted by Gasteiger charge is 2.26. The van der Waals surface area contributed by atoms with E-state index in [1.807, 2.05) is 30.3 Å². The highest BCUT2D eigenvalue weighted by Crippen LogP contribution is 2.40. The van der Waals surface area contributed by atoms with Crippen molar-refractivity contribution in [1.29, 1.82) is 0 Å². The third-order valence-electron chi connectivity index (χ3n) is 4.61. The summed E-state index contributed by atoms with van der Waals surface area (Å²) in [4.78, 5) is 0. The molecule has 27 heavy (non-hydrogen) atoms. The number of rotatable bonds is 2. The van der Waals surface area contributed by atoms with Crippen molar-refractivity contribution in [3.8, 4) is 11.5 Å². The molecule has 3 aromatic carbocycles. The first kappa shape index (κ1) is 19.0. The predicted molar refractivity (Wildman–Crippen MR) is 98.6 cm³/mol. The smallest absolute Gasteiger partial charge is 0.161 e. The fraction of sp³-hybridized carbons (Fsp3) is 0.238. The van der Waals surface area contributed by atoms with Crippen LogP contribution in [0.1, 0.15) is 23.7 Å². The van der Waals surface area contributed by atoms with Crippen molar-refractivity contribution < 1.29 is 22.6 Å². The van der Waals surface area contributed by atoms with E-state index in [1.54, 1.807) is 7.11 Å². The van der Waals surface area contributed by atoms with E-state index >= 15 is 0 Å². The Morgan fingerprint density at radius 1 is 0.963 bits per heavy atom. The molecule has 6 heteroatoms. The Morgan fingerprint density at radius 3 is 2.41 bits per heavy atom. The SMILES string of the molecule is CN.COc1ccc2ccc3c(c2c1)CCC(c1cc(F)c(F)cc1F)O3. The standard InChI is InChI=1S/C20H15F3O2.CH5N/c1-24-12-4-2-11-3-6-19-13(14(11)8-12)5-7-20(25-19)15-9-17(22)18(23)10-16(15)21;1-2/h2-4,6,8-10,20H,5,7H2,1H3;2H2,1H3. The van der Waals surface area contributed by atoms with E-state index < -0.39 is 23.6 Å². The molecule has 0 spiro atoms. The molecular weight excluding hydrogens is 355 g/mol. The third kappa shape index (κ3) is 3.57. The van der Waals surface area contributed by atoms with Crippen LogP contribution in [0, 0.1) is 17.5 Å². The van der Waals surface area contributed by atoms with Crippen LogP contribution in [-0.4, -0.2) is 14.2 Å². The molecule has 0 bridgehead atoms. The van der Waals surface area contributed by atoms with Crippen LogP contribution in [0.25, 0.3) is 10.8 Å².